The van der Waals surface area contributed by atoms with E-state index >= 15 is 0 Å². The molecule has 1 rings (SSSR count). The highest BCUT2D eigenvalue weighted by molar-refractivity contribution is 6.27. The molecule has 88 valence electrons. The number of hydrogen-bond acceptors (Lipinski definition) is 2. The van der Waals surface area contributed by atoms with Crippen molar-refractivity contribution in [2.45, 2.75) is 6.18 Å². The van der Waals surface area contributed by atoms with E-state index in [1.165, 1.54) is 0 Å². The van der Waals surface area contributed by atoms with Gasteiger partial charge in [-0.1, -0.05) is 0 Å². The summed E-state index contributed by atoms with van der Waals surface area (Å²) in [6.45, 7) is -1.05. The first-order chi connectivity index (χ1) is 6.90. The summed E-state index contributed by atoms with van der Waals surface area (Å²) in [4.78, 5) is 12.1. The third-order valence-corrected chi connectivity index (χ3v) is 2.79. The second kappa shape index (κ2) is 4.57. The van der Waals surface area contributed by atoms with Crippen LogP contribution in [0.15, 0.2) is 0 Å². The SMILES string of the molecule is O=C(CCl)N1CC(CO)C(C(F)(F)F)C1. The minimum atomic E-state index is -4.38. The average Bonchev–Trinajstić information content (AvgIpc) is 2.59. The molecule has 0 bridgehead atoms. The molecule has 1 N–H and O–H groups in total. The summed E-state index contributed by atoms with van der Waals surface area (Å²) in [6, 6.07) is 0. The van der Waals surface area contributed by atoms with Gasteiger partial charge in [0.25, 0.3) is 0 Å². The highest BCUT2D eigenvalue weighted by atomic mass is 35.5. The van der Waals surface area contributed by atoms with Crippen LogP contribution >= 0.6 is 11.6 Å². The number of carbonyl (C=O) groups is 1. The third-order valence-electron chi connectivity index (χ3n) is 2.56. The number of nitrogens with zero attached hydrogens (tertiary/aromatic N) is 1. The average molecular weight is 246 g/mol. The number of carbonyl (C=O) groups excluding carboxylic acids is 1. The lowest BCUT2D eigenvalue weighted by atomic mass is 9.97. The highest BCUT2D eigenvalue weighted by Gasteiger charge is 2.50. The van der Waals surface area contributed by atoms with E-state index in [1.807, 2.05) is 0 Å². The number of aliphatic hydroxyl groups is 1. The monoisotopic (exact) mass is 245 g/mol. The predicted octanol–water partition coefficient (Wildman–Crippen LogP) is 0.854. The van der Waals surface area contributed by atoms with Crippen LogP contribution in [0.1, 0.15) is 0 Å². The topological polar surface area (TPSA) is 40.5 Å². The zero-order valence-corrected chi connectivity index (χ0v) is 8.55. The van der Waals surface area contributed by atoms with Crippen LogP contribution in [0.25, 0.3) is 0 Å². The van der Waals surface area contributed by atoms with Crippen LogP contribution in [0.3, 0.4) is 0 Å². The summed E-state index contributed by atoms with van der Waals surface area (Å²) >= 11 is 5.25. The van der Waals surface area contributed by atoms with Crippen molar-refractivity contribution in [1.82, 2.24) is 4.90 Å². The largest absolute Gasteiger partial charge is 0.396 e. The van der Waals surface area contributed by atoms with Crippen molar-refractivity contribution in [3.8, 4) is 0 Å². The fourth-order valence-electron chi connectivity index (χ4n) is 1.72. The summed E-state index contributed by atoms with van der Waals surface area (Å²) < 4.78 is 37.4. The molecule has 2 unspecified atom stereocenters. The van der Waals surface area contributed by atoms with Crippen LogP contribution in [-0.4, -0.2) is 47.7 Å². The molecule has 0 saturated carbocycles. The number of aliphatic hydroxyl groups excluding tert-OH is 1. The minimum absolute atomic E-state index is 0.0772. The summed E-state index contributed by atoms with van der Waals surface area (Å²) in [7, 11) is 0. The van der Waals surface area contributed by atoms with Crippen molar-refractivity contribution >= 4 is 17.5 Å². The Bertz CT molecular complexity index is 247. The van der Waals surface area contributed by atoms with E-state index in [2.05, 4.69) is 0 Å². The molecule has 0 aromatic carbocycles. The maximum Gasteiger partial charge on any atom is 0.393 e. The quantitative estimate of drug-likeness (QED) is 0.733. The van der Waals surface area contributed by atoms with E-state index in [-0.39, 0.29) is 12.4 Å². The molecular formula is C8H11ClF3NO2. The van der Waals surface area contributed by atoms with Crippen molar-refractivity contribution in [2.24, 2.45) is 11.8 Å². The first kappa shape index (κ1) is 12.6. The molecule has 1 heterocycles. The molecule has 0 aromatic rings. The van der Waals surface area contributed by atoms with Gasteiger partial charge in [0.2, 0.25) is 5.91 Å². The van der Waals surface area contributed by atoms with Crippen molar-refractivity contribution in [2.75, 3.05) is 25.6 Å². The van der Waals surface area contributed by atoms with Crippen molar-refractivity contribution in [1.29, 1.82) is 0 Å². The van der Waals surface area contributed by atoms with Gasteiger partial charge in [0.05, 0.1) is 5.92 Å². The molecule has 1 aliphatic heterocycles. The van der Waals surface area contributed by atoms with Gasteiger partial charge in [-0.25, -0.2) is 0 Å². The zero-order chi connectivity index (χ0) is 11.6. The van der Waals surface area contributed by atoms with E-state index in [0.29, 0.717) is 0 Å². The van der Waals surface area contributed by atoms with Gasteiger partial charge in [0, 0.05) is 25.6 Å². The number of amides is 1. The molecule has 2 atom stereocenters. The van der Waals surface area contributed by atoms with Crippen LogP contribution in [0.2, 0.25) is 0 Å². The van der Waals surface area contributed by atoms with Crippen LogP contribution in [0.4, 0.5) is 13.2 Å². The molecule has 1 aliphatic rings. The summed E-state index contributed by atoms with van der Waals surface area (Å²) in [5, 5.41) is 8.80. The van der Waals surface area contributed by atoms with Gasteiger partial charge >= 0.3 is 6.18 Å². The maximum absolute atomic E-state index is 12.5. The lowest BCUT2D eigenvalue weighted by molar-refractivity contribution is -0.183. The van der Waals surface area contributed by atoms with Gasteiger partial charge in [-0.15, -0.1) is 11.6 Å². The Morgan fingerprint density at radius 2 is 2.07 bits per heavy atom. The molecule has 0 spiro atoms. The van der Waals surface area contributed by atoms with Gasteiger partial charge in [-0.05, 0) is 0 Å². The van der Waals surface area contributed by atoms with Gasteiger partial charge in [-0.3, -0.25) is 4.79 Å². The second-order valence-corrected chi connectivity index (χ2v) is 3.79. The Balaban J connectivity index is 2.71. The molecule has 0 radical (unpaired) electrons. The second-order valence-electron chi connectivity index (χ2n) is 3.52. The van der Waals surface area contributed by atoms with E-state index in [9.17, 15) is 18.0 Å². The van der Waals surface area contributed by atoms with Gasteiger partial charge in [0.15, 0.2) is 0 Å². The Labute approximate surface area is 89.8 Å². The van der Waals surface area contributed by atoms with E-state index < -0.39 is 37.1 Å². The molecule has 1 saturated heterocycles. The van der Waals surface area contributed by atoms with E-state index in [1.54, 1.807) is 0 Å². The first-order valence-electron chi connectivity index (χ1n) is 4.41. The number of halogens is 4. The molecule has 0 aromatic heterocycles. The molecule has 1 amide bonds. The highest BCUT2D eigenvalue weighted by Crippen LogP contribution is 2.37. The summed E-state index contributed by atoms with van der Waals surface area (Å²) in [5.41, 5.74) is 0. The summed E-state index contributed by atoms with van der Waals surface area (Å²) in [5.74, 6) is -3.43. The lowest BCUT2D eigenvalue weighted by Crippen LogP contribution is -2.33. The number of hydrogen-bond donors (Lipinski definition) is 1. The fourth-order valence-corrected chi connectivity index (χ4v) is 1.88. The fraction of sp³-hybridized carbons (Fsp3) is 0.875. The van der Waals surface area contributed by atoms with Gasteiger partial charge in [-0.2, -0.15) is 13.2 Å². The summed E-state index contributed by atoms with van der Waals surface area (Å²) in [6.07, 6.45) is -4.38. The Morgan fingerprint density at radius 3 is 2.40 bits per heavy atom. The number of alkyl halides is 4. The number of likely N-dealkylation sites (tertiary alicyclic amines) is 1. The normalized spacial score (nSPS) is 27.1. The molecule has 0 aliphatic carbocycles. The van der Waals surface area contributed by atoms with Crippen LogP contribution in [-0.2, 0) is 4.79 Å². The van der Waals surface area contributed by atoms with Gasteiger partial charge in [0.1, 0.15) is 5.88 Å². The van der Waals surface area contributed by atoms with Crippen LogP contribution in [0.5, 0.6) is 0 Å². The Kier molecular flexibility index (Phi) is 3.83. The Hall–Kier alpha value is -0.490. The third kappa shape index (κ3) is 2.75. The zero-order valence-electron chi connectivity index (χ0n) is 7.80. The lowest BCUT2D eigenvalue weighted by Gasteiger charge is -2.18. The first-order valence-corrected chi connectivity index (χ1v) is 4.95. The maximum atomic E-state index is 12.5. The molecule has 3 nitrogen and oxygen atoms in total. The van der Waals surface area contributed by atoms with Crippen molar-refractivity contribution in [3.63, 3.8) is 0 Å². The molecule has 7 heteroatoms. The van der Waals surface area contributed by atoms with Crippen molar-refractivity contribution < 1.29 is 23.1 Å². The van der Waals surface area contributed by atoms with Gasteiger partial charge < -0.3 is 10.0 Å². The minimum Gasteiger partial charge on any atom is -0.396 e. The number of rotatable bonds is 2. The van der Waals surface area contributed by atoms with Crippen LogP contribution in [0, 0.1) is 11.8 Å². The van der Waals surface area contributed by atoms with Crippen molar-refractivity contribution in [3.05, 3.63) is 0 Å². The van der Waals surface area contributed by atoms with E-state index in [0.717, 1.165) is 4.90 Å². The van der Waals surface area contributed by atoms with E-state index in [4.69, 9.17) is 16.7 Å². The molecular weight excluding hydrogens is 235 g/mol. The smallest absolute Gasteiger partial charge is 0.393 e. The predicted molar refractivity (Wildman–Crippen MR) is 47.4 cm³/mol. The Morgan fingerprint density at radius 1 is 1.47 bits per heavy atom. The standard InChI is InChI=1S/C8H11ClF3NO2/c9-1-7(15)13-2-5(4-14)6(3-13)8(10,11)12/h5-6,14H,1-4H2. The molecule has 1 fully saturated rings. The molecule has 15 heavy (non-hydrogen) atoms. The van der Waals surface area contributed by atoms with Crippen LogP contribution < -0.4 is 0 Å².